The number of thiazole rings is 1. The van der Waals surface area contributed by atoms with Gasteiger partial charge in [0.25, 0.3) is 5.69 Å². The number of aromatic nitrogens is 2. The van der Waals surface area contributed by atoms with Crippen LogP contribution >= 0.6 is 11.3 Å². The van der Waals surface area contributed by atoms with Gasteiger partial charge in [0.1, 0.15) is 5.52 Å². The molecule has 4 aromatic rings. The smallest absolute Gasteiger partial charge is 0.302 e. The molecule has 2 aromatic carbocycles. The summed E-state index contributed by atoms with van der Waals surface area (Å²) in [6.45, 7) is 3.90. The van der Waals surface area contributed by atoms with Gasteiger partial charge in [0.2, 0.25) is 0 Å². The van der Waals surface area contributed by atoms with Crippen LogP contribution in [0.25, 0.3) is 21.3 Å². The van der Waals surface area contributed by atoms with Crippen molar-refractivity contribution in [3.63, 3.8) is 0 Å². The van der Waals surface area contributed by atoms with Crippen LogP contribution in [-0.4, -0.2) is 14.9 Å². The van der Waals surface area contributed by atoms with Crippen LogP contribution in [0, 0.1) is 17.0 Å². The Hall–Kier alpha value is -3.00. The molecule has 0 atom stereocenters. The number of hydrogen-bond donors (Lipinski definition) is 1. The molecule has 0 aliphatic carbocycles. The SMILES string of the molecule is CCc1ccc2oc(Nc3nc4c([N+](=O)[O-])cc(C)cc4s3)nc2c1. The second-order valence-electron chi connectivity index (χ2n) is 5.71. The lowest BCUT2D eigenvalue weighted by Crippen LogP contribution is -1.91. The van der Waals surface area contributed by atoms with Gasteiger partial charge in [-0.1, -0.05) is 24.3 Å². The number of aryl methyl sites for hydroxylation is 2. The molecule has 0 radical (unpaired) electrons. The summed E-state index contributed by atoms with van der Waals surface area (Å²) in [6.07, 6.45) is 0.923. The standard InChI is InChI=1S/C17H14N4O3S/c1-3-10-4-5-13-11(8-10)18-16(24-13)20-17-19-15-12(21(22)23)6-9(2)7-14(15)25-17/h4-8H,3H2,1-2H3,(H,18,19,20). The lowest BCUT2D eigenvalue weighted by molar-refractivity contribution is -0.383. The second-order valence-corrected chi connectivity index (χ2v) is 6.74. The first kappa shape index (κ1) is 15.5. The van der Waals surface area contributed by atoms with Crippen molar-refractivity contribution < 1.29 is 9.34 Å². The zero-order valence-corrected chi connectivity index (χ0v) is 14.4. The fourth-order valence-corrected chi connectivity index (χ4v) is 3.65. The predicted octanol–water partition coefficient (Wildman–Crippen LogP) is 4.96. The number of anilines is 2. The number of nitro groups is 1. The van der Waals surface area contributed by atoms with Gasteiger partial charge in [-0.15, -0.1) is 0 Å². The van der Waals surface area contributed by atoms with Crippen LogP contribution in [0.5, 0.6) is 0 Å². The van der Waals surface area contributed by atoms with E-state index in [1.165, 1.54) is 23.0 Å². The topological polar surface area (TPSA) is 94.1 Å². The van der Waals surface area contributed by atoms with Crippen LogP contribution < -0.4 is 5.32 Å². The van der Waals surface area contributed by atoms with Crippen molar-refractivity contribution in [1.29, 1.82) is 0 Å². The molecule has 1 N–H and O–H groups in total. The first-order valence-corrected chi connectivity index (χ1v) is 8.57. The van der Waals surface area contributed by atoms with Gasteiger partial charge >= 0.3 is 6.01 Å². The lowest BCUT2D eigenvalue weighted by Gasteiger charge is -1.94. The van der Waals surface area contributed by atoms with E-state index in [1.807, 2.05) is 31.2 Å². The molecule has 0 aliphatic heterocycles. The van der Waals surface area contributed by atoms with E-state index in [9.17, 15) is 10.1 Å². The Balaban J connectivity index is 1.73. The fraction of sp³-hybridized carbons (Fsp3) is 0.176. The molecule has 0 fully saturated rings. The Labute approximate surface area is 146 Å². The molecule has 0 amide bonds. The summed E-state index contributed by atoms with van der Waals surface area (Å²) < 4.78 is 6.43. The van der Waals surface area contributed by atoms with Gasteiger partial charge in [0.15, 0.2) is 16.2 Å². The molecule has 4 rings (SSSR count). The third-order valence-electron chi connectivity index (χ3n) is 3.89. The van der Waals surface area contributed by atoms with E-state index in [-0.39, 0.29) is 5.69 Å². The van der Waals surface area contributed by atoms with Crippen molar-refractivity contribution in [2.24, 2.45) is 0 Å². The maximum absolute atomic E-state index is 11.2. The number of non-ortho nitro benzene ring substituents is 1. The fourth-order valence-electron chi connectivity index (χ4n) is 2.68. The Kier molecular flexibility index (Phi) is 3.61. The molecule has 0 saturated heterocycles. The highest BCUT2D eigenvalue weighted by atomic mass is 32.1. The van der Waals surface area contributed by atoms with E-state index < -0.39 is 4.92 Å². The molecule has 0 aliphatic rings. The summed E-state index contributed by atoms with van der Waals surface area (Å²) in [5.74, 6) is 0. The van der Waals surface area contributed by atoms with Crippen LogP contribution in [-0.2, 0) is 6.42 Å². The third-order valence-corrected chi connectivity index (χ3v) is 4.81. The van der Waals surface area contributed by atoms with Crippen molar-refractivity contribution in [2.45, 2.75) is 20.3 Å². The summed E-state index contributed by atoms with van der Waals surface area (Å²) in [6, 6.07) is 9.60. The lowest BCUT2D eigenvalue weighted by atomic mass is 10.1. The molecule has 2 aromatic heterocycles. The highest BCUT2D eigenvalue weighted by molar-refractivity contribution is 7.22. The Morgan fingerprint density at radius 3 is 2.88 bits per heavy atom. The Morgan fingerprint density at radius 1 is 1.28 bits per heavy atom. The van der Waals surface area contributed by atoms with Crippen LogP contribution in [0.1, 0.15) is 18.1 Å². The molecule has 0 unspecified atom stereocenters. The zero-order chi connectivity index (χ0) is 17.6. The quantitative estimate of drug-likeness (QED) is 0.411. The number of fused-ring (bicyclic) bond motifs is 2. The predicted molar refractivity (Wildman–Crippen MR) is 97.7 cm³/mol. The summed E-state index contributed by atoms with van der Waals surface area (Å²) in [7, 11) is 0. The molecule has 126 valence electrons. The minimum Gasteiger partial charge on any atom is -0.423 e. The number of nitrogens with one attached hydrogen (secondary N) is 1. The van der Waals surface area contributed by atoms with E-state index >= 15 is 0 Å². The van der Waals surface area contributed by atoms with Gasteiger partial charge in [-0.25, -0.2) is 4.98 Å². The van der Waals surface area contributed by atoms with Gasteiger partial charge in [0.05, 0.1) is 9.62 Å². The number of oxazole rings is 1. The summed E-state index contributed by atoms with van der Waals surface area (Å²) in [5.41, 5.74) is 3.83. The number of benzene rings is 2. The second kappa shape index (κ2) is 5.82. The minimum atomic E-state index is -0.412. The molecular formula is C17H14N4O3S. The van der Waals surface area contributed by atoms with E-state index in [4.69, 9.17) is 4.42 Å². The molecule has 2 heterocycles. The Morgan fingerprint density at radius 2 is 2.12 bits per heavy atom. The van der Waals surface area contributed by atoms with Crippen LogP contribution in [0.4, 0.5) is 16.8 Å². The van der Waals surface area contributed by atoms with Crippen LogP contribution in [0.3, 0.4) is 0 Å². The number of nitrogens with zero attached hydrogens (tertiary/aromatic N) is 3. The van der Waals surface area contributed by atoms with Crippen LogP contribution in [0.2, 0.25) is 0 Å². The van der Waals surface area contributed by atoms with Gasteiger partial charge < -0.3 is 4.42 Å². The van der Waals surface area contributed by atoms with Gasteiger partial charge in [-0.2, -0.15) is 4.98 Å². The van der Waals surface area contributed by atoms with Crippen molar-refractivity contribution in [3.8, 4) is 0 Å². The van der Waals surface area contributed by atoms with Crippen molar-refractivity contribution >= 4 is 49.5 Å². The van der Waals surface area contributed by atoms with Crippen molar-refractivity contribution in [2.75, 3.05) is 5.32 Å². The van der Waals surface area contributed by atoms with Gasteiger partial charge in [-0.05, 0) is 42.7 Å². The first-order chi connectivity index (χ1) is 12.0. The number of hydrogen-bond acceptors (Lipinski definition) is 7. The maximum atomic E-state index is 11.2. The average molecular weight is 354 g/mol. The normalized spacial score (nSPS) is 11.3. The molecule has 8 heteroatoms. The summed E-state index contributed by atoms with van der Waals surface area (Å²) >= 11 is 1.33. The monoisotopic (exact) mass is 354 g/mol. The van der Waals surface area contributed by atoms with Gasteiger partial charge in [-0.3, -0.25) is 15.4 Å². The highest BCUT2D eigenvalue weighted by Crippen LogP contribution is 2.35. The van der Waals surface area contributed by atoms with E-state index in [0.717, 1.165) is 22.2 Å². The average Bonchev–Trinajstić information content (AvgIpc) is 3.15. The Bertz CT molecular complexity index is 1120. The first-order valence-electron chi connectivity index (χ1n) is 7.75. The summed E-state index contributed by atoms with van der Waals surface area (Å²) in [5, 5.41) is 14.7. The molecule has 25 heavy (non-hydrogen) atoms. The zero-order valence-electron chi connectivity index (χ0n) is 13.6. The minimum absolute atomic E-state index is 0.00412. The highest BCUT2D eigenvalue weighted by Gasteiger charge is 2.18. The van der Waals surface area contributed by atoms with Crippen molar-refractivity contribution in [1.82, 2.24) is 9.97 Å². The molecule has 0 saturated carbocycles. The molecular weight excluding hydrogens is 340 g/mol. The largest absolute Gasteiger partial charge is 0.423 e. The van der Waals surface area contributed by atoms with Gasteiger partial charge in [0, 0.05) is 6.07 Å². The van der Waals surface area contributed by atoms with Crippen molar-refractivity contribution in [3.05, 3.63) is 51.6 Å². The van der Waals surface area contributed by atoms with Crippen LogP contribution in [0.15, 0.2) is 34.7 Å². The third kappa shape index (κ3) is 2.80. The number of rotatable bonds is 4. The summed E-state index contributed by atoms with van der Waals surface area (Å²) in [4.78, 5) is 19.6. The maximum Gasteiger partial charge on any atom is 0.302 e. The van der Waals surface area contributed by atoms with E-state index in [2.05, 4.69) is 22.2 Å². The molecule has 0 spiro atoms. The van der Waals surface area contributed by atoms with E-state index in [0.29, 0.717) is 22.2 Å². The molecule has 0 bridgehead atoms. The number of nitro benzene ring substituents is 1. The van der Waals surface area contributed by atoms with E-state index in [1.54, 1.807) is 0 Å². The molecule has 7 nitrogen and oxygen atoms in total.